The first-order valence-corrected chi connectivity index (χ1v) is 8.86. The van der Waals surface area contributed by atoms with E-state index < -0.39 is 0 Å². The lowest BCUT2D eigenvalue weighted by Crippen LogP contribution is -2.37. The Bertz CT molecular complexity index is 1050. The number of thioether (sulfide) groups is 1. The molecule has 0 fully saturated rings. The first-order valence-electron chi connectivity index (χ1n) is 7.88. The predicted molar refractivity (Wildman–Crippen MR) is 99.5 cm³/mol. The number of aryl methyl sites for hydroxylation is 2. The van der Waals surface area contributed by atoms with E-state index in [1.54, 1.807) is 13.2 Å². The van der Waals surface area contributed by atoms with Crippen molar-refractivity contribution in [2.75, 3.05) is 0 Å². The summed E-state index contributed by atoms with van der Waals surface area (Å²) in [6, 6.07) is 7.79. The summed E-state index contributed by atoms with van der Waals surface area (Å²) in [6.07, 6.45) is 3.68. The molecule has 3 rings (SSSR count). The fourth-order valence-corrected chi connectivity index (χ4v) is 3.60. The maximum absolute atomic E-state index is 12.0. The van der Waals surface area contributed by atoms with E-state index in [1.165, 1.54) is 35.0 Å². The molecule has 0 atom stereocenters. The number of nitrogens with zero attached hydrogens (tertiary/aromatic N) is 4. The highest BCUT2D eigenvalue weighted by atomic mass is 32.2. The second-order valence-corrected chi connectivity index (χ2v) is 6.98. The van der Waals surface area contributed by atoms with Gasteiger partial charge in [-0.1, -0.05) is 23.9 Å². The van der Waals surface area contributed by atoms with Crippen LogP contribution in [0.1, 0.15) is 16.8 Å². The Balaban J connectivity index is 1.92. The average molecular weight is 356 g/mol. The van der Waals surface area contributed by atoms with Crippen LogP contribution in [-0.2, 0) is 19.8 Å². The Morgan fingerprint density at radius 2 is 1.84 bits per heavy atom. The van der Waals surface area contributed by atoms with Gasteiger partial charge in [-0.3, -0.25) is 18.5 Å². The third-order valence-electron chi connectivity index (χ3n) is 4.21. The summed E-state index contributed by atoms with van der Waals surface area (Å²) in [7, 11) is 3.16. The van der Waals surface area contributed by atoms with Gasteiger partial charge in [0.1, 0.15) is 0 Å². The van der Waals surface area contributed by atoms with E-state index in [0.717, 1.165) is 21.0 Å². The van der Waals surface area contributed by atoms with Crippen LogP contribution in [0.2, 0.25) is 0 Å². The summed E-state index contributed by atoms with van der Waals surface area (Å²) >= 11 is 1.50. The van der Waals surface area contributed by atoms with Gasteiger partial charge in [0.2, 0.25) is 0 Å². The summed E-state index contributed by atoms with van der Waals surface area (Å²) in [5.41, 5.74) is 3.48. The SMILES string of the molecule is Cc1ccc(C)c(-n2ccnc2SCc2cc(=O)n(C)c(=O)n2C)c1. The highest BCUT2D eigenvalue weighted by molar-refractivity contribution is 7.98. The lowest BCUT2D eigenvalue weighted by molar-refractivity contribution is 0.665. The quantitative estimate of drug-likeness (QED) is 0.672. The van der Waals surface area contributed by atoms with Gasteiger partial charge >= 0.3 is 5.69 Å². The van der Waals surface area contributed by atoms with E-state index in [-0.39, 0.29) is 11.2 Å². The lowest BCUT2D eigenvalue weighted by Gasteiger charge is -2.12. The molecule has 1 aromatic carbocycles. The van der Waals surface area contributed by atoms with E-state index in [4.69, 9.17) is 0 Å². The van der Waals surface area contributed by atoms with E-state index in [0.29, 0.717) is 11.4 Å². The molecule has 6 nitrogen and oxygen atoms in total. The van der Waals surface area contributed by atoms with Crippen LogP contribution < -0.4 is 11.2 Å². The zero-order chi connectivity index (χ0) is 18.1. The number of hydrogen-bond acceptors (Lipinski definition) is 4. The first kappa shape index (κ1) is 17.3. The van der Waals surface area contributed by atoms with Crippen LogP contribution in [0.15, 0.2) is 51.4 Å². The summed E-state index contributed by atoms with van der Waals surface area (Å²) in [4.78, 5) is 28.3. The standard InChI is InChI=1S/C18H20N4O2S/c1-12-5-6-13(2)15(9-12)22-8-7-19-17(22)25-11-14-10-16(23)21(4)18(24)20(14)3/h5-10H,11H2,1-4H3. The van der Waals surface area contributed by atoms with Crippen molar-refractivity contribution >= 4 is 11.8 Å². The van der Waals surface area contributed by atoms with Gasteiger partial charge in [0, 0.05) is 44.0 Å². The molecule has 0 aliphatic heterocycles. The number of hydrogen-bond donors (Lipinski definition) is 0. The van der Waals surface area contributed by atoms with Crippen LogP contribution in [-0.4, -0.2) is 18.7 Å². The van der Waals surface area contributed by atoms with Crippen LogP contribution in [0.4, 0.5) is 0 Å². The van der Waals surface area contributed by atoms with Crippen molar-refractivity contribution in [2.24, 2.45) is 14.1 Å². The summed E-state index contributed by atoms with van der Waals surface area (Å²) in [6.45, 7) is 4.12. The Kier molecular flexibility index (Phi) is 4.67. The number of rotatable bonds is 4. The third kappa shape index (κ3) is 3.32. The Morgan fingerprint density at radius 1 is 1.08 bits per heavy atom. The van der Waals surface area contributed by atoms with Gasteiger partial charge in [-0.2, -0.15) is 0 Å². The lowest BCUT2D eigenvalue weighted by atomic mass is 10.1. The number of aromatic nitrogens is 4. The summed E-state index contributed by atoms with van der Waals surface area (Å²) < 4.78 is 4.64. The molecule has 130 valence electrons. The molecule has 25 heavy (non-hydrogen) atoms. The molecule has 7 heteroatoms. The highest BCUT2D eigenvalue weighted by Crippen LogP contribution is 2.25. The minimum absolute atomic E-state index is 0.295. The van der Waals surface area contributed by atoms with Crippen LogP contribution in [0.5, 0.6) is 0 Å². The molecular weight excluding hydrogens is 336 g/mol. The Labute approximate surface area is 149 Å². The van der Waals surface area contributed by atoms with Gasteiger partial charge in [0.15, 0.2) is 5.16 Å². The maximum atomic E-state index is 12.0. The van der Waals surface area contributed by atoms with Crippen molar-refractivity contribution in [3.8, 4) is 5.69 Å². The Morgan fingerprint density at radius 3 is 2.60 bits per heavy atom. The van der Waals surface area contributed by atoms with Gasteiger partial charge in [0.25, 0.3) is 5.56 Å². The molecule has 0 unspecified atom stereocenters. The molecule has 0 radical (unpaired) electrons. The third-order valence-corrected chi connectivity index (χ3v) is 5.21. The molecule has 0 saturated heterocycles. The summed E-state index contributed by atoms with van der Waals surface area (Å²) in [5, 5.41) is 0.821. The monoisotopic (exact) mass is 356 g/mol. The average Bonchev–Trinajstić information content (AvgIpc) is 3.05. The van der Waals surface area contributed by atoms with Gasteiger partial charge in [-0.15, -0.1) is 0 Å². The van der Waals surface area contributed by atoms with Crippen molar-refractivity contribution in [2.45, 2.75) is 24.8 Å². The second kappa shape index (κ2) is 6.76. The van der Waals surface area contributed by atoms with E-state index in [1.807, 2.05) is 10.8 Å². The Hall–Kier alpha value is -2.54. The molecule has 0 aliphatic rings. The van der Waals surface area contributed by atoms with Crippen molar-refractivity contribution in [1.29, 1.82) is 0 Å². The fraction of sp³-hybridized carbons (Fsp3) is 0.278. The zero-order valence-corrected chi connectivity index (χ0v) is 15.5. The summed E-state index contributed by atoms with van der Waals surface area (Å²) in [5.74, 6) is 0.490. The molecular formula is C18H20N4O2S. The molecule has 0 amide bonds. The van der Waals surface area contributed by atoms with E-state index in [9.17, 15) is 9.59 Å². The van der Waals surface area contributed by atoms with Crippen LogP contribution in [0, 0.1) is 13.8 Å². The number of imidazole rings is 1. The predicted octanol–water partition coefficient (Wildman–Crippen LogP) is 2.18. The van der Waals surface area contributed by atoms with Crippen molar-refractivity contribution in [3.05, 3.63) is 74.3 Å². The minimum atomic E-state index is -0.319. The first-order chi connectivity index (χ1) is 11.9. The minimum Gasteiger partial charge on any atom is -0.300 e. The molecule has 2 heterocycles. The molecule has 0 bridgehead atoms. The molecule has 0 saturated carbocycles. The van der Waals surface area contributed by atoms with E-state index in [2.05, 4.69) is 37.0 Å². The second-order valence-electron chi connectivity index (χ2n) is 6.03. The topological polar surface area (TPSA) is 61.8 Å². The molecule has 0 spiro atoms. The smallest absolute Gasteiger partial charge is 0.300 e. The van der Waals surface area contributed by atoms with Gasteiger partial charge < -0.3 is 0 Å². The van der Waals surface area contributed by atoms with Crippen molar-refractivity contribution in [1.82, 2.24) is 18.7 Å². The van der Waals surface area contributed by atoms with E-state index >= 15 is 0 Å². The highest BCUT2D eigenvalue weighted by Gasteiger charge is 2.11. The van der Waals surface area contributed by atoms with Crippen LogP contribution in [0.3, 0.4) is 0 Å². The molecule has 2 aromatic heterocycles. The van der Waals surface area contributed by atoms with Gasteiger partial charge in [-0.25, -0.2) is 9.78 Å². The normalized spacial score (nSPS) is 11.0. The van der Waals surface area contributed by atoms with Gasteiger partial charge in [0.05, 0.1) is 5.69 Å². The molecule has 3 aromatic rings. The largest absolute Gasteiger partial charge is 0.330 e. The molecule has 0 aliphatic carbocycles. The zero-order valence-electron chi connectivity index (χ0n) is 14.7. The molecule has 0 N–H and O–H groups in total. The number of benzene rings is 1. The fourth-order valence-electron chi connectivity index (χ4n) is 2.61. The van der Waals surface area contributed by atoms with Crippen molar-refractivity contribution < 1.29 is 0 Å². The maximum Gasteiger partial charge on any atom is 0.330 e. The van der Waals surface area contributed by atoms with Crippen molar-refractivity contribution in [3.63, 3.8) is 0 Å². The van der Waals surface area contributed by atoms with Gasteiger partial charge in [-0.05, 0) is 31.0 Å². The van der Waals surface area contributed by atoms with Crippen LogP contribution in [0.25, 0.3) is 5.69 Å². The van der Waals surface area contributed by atoms with Crippen LogP contribution >= 0.6 is 11.8 Å².